The van der Waals surface area contributed by atoms with Crippen molar-refractivity contribution < 1.29 is 14.3 Å². The zero-order chi connectivity index (χ0) is 26.5. The van der Waals surface area contributed by atoms with Gasteiger partial charge in [-0.15, -0.1) is 0 Å². The number of anilines is 4. The third-order valence-electron chi connectivity index (χ3n) is 6.44. The van der Waals surface area contributed by atoms with Crippen LogP contribution in [0.3, 0.4) is 0 Å². The summed E-state index contributed by atoms with van der Waals surface area (Å²) >= 11 is 0. The molecule has 4 aromatic rings. The van der Waals surface area contributed by atoms with E-state index in [1.807, 2.05) is 60.7 Å². The number of hydrogen-bond acceptors (Lipinski definition) is 8. The first-order chi connectivity index (χ1) is 18.6. The van der Waals surface area contributed by atoms with E-state index in [-0.39, 0.29) is 12.0 Å². The number of hydrogen-bond donors (Lipinski definition) is 3. The van der Waals surface area contributed by atoms with Gasteiger partial charge >= 0.3 is 0 Å². The number of fused-ring (bicyclic) bond motifs is 1. The predicted octanol–water partition coefficient (Wildman–Crippen LogP) is 4.34. The van der Waals surface area contributed by atoms with Gasteiger partial charge in [0.1, 0.15) is 5.75 Å². The molecule has 38 heavy (non-hydrogen) atoms. The third kappa shape index (κ3) is 5.44. The third-order valence-corrected chi connectivity index (χ3v) is 6.44. The molecular weight excluding hydrogens is 480 g/mol. The minimum atomic E-state index is -0.262. The molecule has 0 radical (unpaired) electrons. The van der Waals surface area contributed by atoms with E-state index >= 15 is 0 Å². The van der Waals surface area contributed by atoms with E-state index in [2.05, 4.69) is 27.1 Å². The molecular formula is C29H30N6O3. The van der Waals surface area contributed by atoms with Crippen LogP contribution in [0.15, 0.2) is 79.5 Å². The van der Waals surface area contributed by atoms with Crippen molar-refractivity contribution >= 4 is 39.8 Å². The average Bonchev–Trinajstić information content (AvgIpc) is 2.97. The topological polar surface area (TPSA) is 115 Å². The standard InChI is InChI=1S/C29H30N6O3/c1-3-27(36)32-21-8-4-6-19(14-21)24-9-5-7-20-17-31-29(34-28(20)24)33-25-11-10-22(15-26(25)37-2)35-12-13-38-23(16-30)18-35/h3-11,14-15,17,23H,1,12-13,16,18,30H2,2H3,(H,32,36)(H,31,33,34)/t23-/m0/s1. The highest BCUT2D eigenvalue weighted by Gasteiger charge is 2.20. The normalized spacial score (nSPS) is 15.2. The number of morpholine rings is 1. The van der Waals surface area contributed by atoms with Crippen LogP contribution in [0.1, 0.15) is 0 Å². The number of nitrogens with two attached hydrogens (primary N) is 1. The minimum absolute atomic E-state index is 0.0201. The maximum atomic E-state index is 11.8. The van der Waals surface area contributed by atoms with Crippen LogP contribution in [0.2, 0.25) is 0 Å². The lowest BCUT2D eigenvalue weighted by Gasteiger charge is -2.34. The first-order valence-corrected chi connectivity index (χ1v) is 12.4. The summed E-state index contributed by atoms with van der Waals surface area (Å²) in [4.78, 5) is 23.4. The summed E-state index contributed by atoms with van der Waals surface area (Å²) < 4.78 is 11.4. The summed E-state index contributed by atoms with van der Waals surface area (Å²) in [5.74, 6) is 0.865. The zero-order valence-electron chi connectivity index (χ0n) is 21.2. The van der Waals surface area contributed by atoms with Crippen LogP contribution in [-0.2, 0) is 9.53 Å². The van der Waals surface area contributed by atoms with Gasteiger partial charge in [0, 0.05) is 54.2 Å². The largest absolute Gasteiger partial charge is 0.494 e. The minimum Gasteiger partial charge on any atom is -0.494 e. The lowest BCUT2D eigenvalue weighted by Crippen LogP contribution is -2.45. The number of ether oxygens (including phenoxy) is 2. The Morgan fingerprint density at radius 2 is 2.11 bits per heavy atom. The van der Waals surface area contributed by atoms with Crippen molar-refractivity contribution in [3.8, 4) is 16.9 Å². The SMILES string of the molecule is C=CC(=O)Nc1cccc(-c2cccc3cnc(Nc4ccc(N5CCO[C@@H](CN)C5)cc4OC)nc23)c1. The number of para-hydroxylation sites is 1. The average molecular weight is 511 g/mol. The number of benzene rings is 3. The summed E-state index contributed by atoms with van der Waals surface area (Å²) in [5.41, 5.74) is 10.9. The number of aromatic nitrogens is 2. The molecule has 0 bridgehead atoms. The molecule has 4 N–H and O–H groups in total. The van der Waals surface area contributed by atoms with Gasteiger partial charge in [-0.25, -0.2) is 9.97 Å². The highest BCUT2D eigenvalue weighted by atomic mass is 16.5. The number of nitrogens with one attached hydrogen (secondary N) is 2. The maximum absolute atomic E-state index is 11.8. The van der Waals surface area contributed by atoms with Gasteiger partial charge in [0.25, 0.3) is 0 Å². The smallest absolute Gasteiger partial charge is 0.247 e. The van der Waals surface area contributed by atoms with E-state index < -0.39 is 0 Å². The van der Waals surface area contributed by atoms with E-state index in [0.29, 0.717) is 30.5 Å². The Bertz CT molecular complexity index is 1470. The molecule has 1 amide bonds. The van der Waals surface area contributed by atoms with Gasteiger partial charge in [0.15, 0.2) is 0 Å². The highest BCUT2D eigenvalue weighted by molar-refractivity contribution is 6.00. The molecule has 5 rings (SSSR count). The maximum Gasteiger partial charge on any atom is 0.247 e. The predicted molar refractivity (Wildman–Crippen MR) is 151 cm³/mol. The summed E-state index contributed by atoms with van der Waals surface area (Å²) in [5, 5.41) is 7.02. The fraction of sp³-hybridized carbons (Fsp3) is 0.207. The van der Waals surface area contributed by atoms with Crippen molar-refractivity contribution in [3.05, 3.63) is 79.5 Å². The molecule has 1 aliphatic heterocycles. The van der Waals surface area contributed by atoms with Crippen LogP contribution in [0.5, 0.6) is 5.75 Å². The van der Waals surface area contributed by atoms with Crippen molar-refractivity contribution in [3.63, 3.8) is 0 Å². The Hall–Kier alpha value is -4.47. The van der Waals surface area contributed by atoms with Gasteiger partial charge in [-0.2, -0.15) is 0 Å². The van der Waals surface area contributed by atoms with Gasteiger partial charge < -0.3 is 30.7 Å². The molecule has 1 fully saturated rings. The van der Waals surface area contributed by atoms with Crippen molar-refractivity contribution in [2.75, 3.05) is 48.9 Å². The highest BCUT2D eigenvalue weighted by Crippen LogP contribution is 2.34. The van der Waals surface area contributed by atoms with E-state index in [4.69, 9.17) is 20.2 Å². The van der Waals surface area contributed by atoms with Crippen molar-refractivity contribution in [2.24, 2.45) is 5.73 Å². The van der Waals surface area contributed by atoms with E-state index in [1.54, 1.807) is 13.3 Å². The van der Waals surface area contributed by atoms with Crippen LogP contribution < -0.4 is 26.0 Å². The van der Waals surface area contributed by atoms with Crippen LogP contribution in [0, 0.1) is 0 Å². The molecule has 0 saturated carbocycles. The van der Waals surface area contributed by atoms with Crippen molar-refractivity contribution in [2.45, 2.75) is 6.10 Å². The molecule has 2 heterocycles. The molecule has 1 aromatic heterocycles. The first kappa shape index (κ1) is 25.2. The summed E-state index contributed by atoms with van der Waals surface area (Å²) in [6.07, 6.45) is 3.06. The Kier molecular flexibility index (Phi) is 7.48. The molecule has 1 aliphatic rings. The van der Waals surface area contributed by atoms with E-state index in [1.165, 1.54) is 6.08 Å². The lowest BCUT2D eigenvalue weighted by atomic mass is 10.0. The molecule has 1 atom stereocenters. The Labute approximate surface area is 221 Å². The number of nitrogens with zero attached hydrogens (tertiary/aromatic N) is 3. The van der Waals surface area contributed by atoms with Crippen molar-refractivity contribution in [1.29, 1.82) is 0 Å². The fourth-order valence-corrected chi connectivity index (χ4v) is 4.50. The van der Waals surface area contributed by atoms with Crippen LogP contribution in [-0.4, -0.2) is 55.3 Å². The molecule has 0 unspecified atom stereocenters. The number of methoxy groups -OCH3 is 1. The number of carbonyl (C=O) groups is 1. The molecule has 3 aromatic carbocycles. The Morgan fingerprint density at radius 1 is 1.24 bits per heavy atom. The zero-order valence-corrected chi connectivity index (χ0v) is 21.2. The Morgan fingerprint density at radius 3 is 2.92 bits per heavy atom. The van der Waals surface area contributed by atoms with Gasteiger partial charge in [-0.3, -0.25) is 4.79 Å². The van der Waals surface area contributed by atoms with Crippen LogP contribution >= 0.6 is 0 Å². The molecule has 0 aliphatic carbocycles. The summed E-state index contributed by atoms with van der Waals surface area (Å²) in [7, 11) is 1.64. The van der Waals surface area contributed by atoms with Gasteiger partial charge in [0.05, 0.1) is 31.0 Å². The van der Waals surface area contributed by atoms with Gasteiger partial charge in [0.2, 0.25) is 11.9 Å². The summed E-state index contributed by atoms with van der Waals surface area (Å²) in [6.45, 7) is 6.17. The summed E-state index contributed by atoms with van der Waals surface area (Å²) in [6, 6.07) is 19.6. The van der Waals surface area contributed by atoms with Crippen LogP contribution in [0.25, 0.3) is 22.0 Å². The quantitative estimate of drug-likeness (QED) is 0.300. The van der Waals surface area contributed by atoms with Crippen LogP contribution in [0.4, 0.5) is 23.0 Å². The first-order valence-electron chi connectivity index (χ1n) is 12.4. The second kappa shape index (κ2) is 11.3. The molecule has 0 spiro atoms. The second-order valence-corrected chi connectivity index (χ2v) is 8.90. The van der Waals surface area contributed by atoms with E-state index in [0.717, 1.165) is 46.5 Å². The number of amides is 1. The monoisotopic (exact) mass is 510 g/mol. The number of carbonyl (C=O) groups excluding carboxylic acids is 1. The second-order valence-electron chi connectivity index (χ2n) is 8.90. The Balaban J connectivity index is 1.44. The molecule has 9 nitrogen and oxygen atoms in total. The van der Waals surface area contributed by atoms with Crippen molar-refractivity contribution in [1.82, 2.24) is 9.97 Å². The fourth-order valence-electron chi connectivity index (χ4n) is 4.50. The lowest BCUT2D eigenvalue weighted by molar-refractivity contribution is -0.111. The molecule has 9 heteroatoms. The van der Waals surface area contributed by atoms with Gasteiger partial charge in [-0.05, 0) is 35.9 Å². The van der Waals surface area contributed by atoms with Gasteiger partial charge in [-0.1, -0.05) is 36.9 Å². The van der Waals surface area contributed by atoms with E-state index in [9.17, 15) is 4.79 Å². The number of rotatable bonds is 8. The molecule has 194 valence electrons. The molecule has 1 saturated heterocycles.